The van der Waals surface area contributed by atoms with E-state index < -0.39 is 11.7 Å². The lowest BCUT2D eigenvalue weighted by Gasteiger charge is -2.11. The molecule has 1 aromatic heterocycles. The Morgan fingerprint density at radius 3 is 2.53 bits per heavy atom. The molecule has 0 bridgehead atoms. The quantitative estimate of drug-likeness (QED) is 0.931. The van der Waals surface area contributed by atoms with Crippen molar-refractivity contribution in [1.82, 2.24) is 4.98 Å². The summed E-state index contributed by atoms with van der Waals surface area (Å²) in [6, 6.07) is 0.519. The Morgan fingerprint density at radius 1 is 1.53 bits per heavy atom. The Hall–Kier alpha value is -0.720. The lowest BCUT2D eigenvalue weighted by atomic mass is 10.3. The predicted octanol–water partition coefficient (Wildman–Crippen LogP) is 2.90. The number of ether oxygens (including phenoxy) is 1. The highest BCUT2D eigenvalue weighted by atomic mass is 35.5. The van der Waals surface area contributed by atoms with Gasteiger partial charge >= 0.3 is 6.18 Å². The lowest BCUT2D eigenvalue weighted by molar-refractivity contribution is -0.137. The van der Waals surface area contributed by atoms with E-state index in [-0.39, 0.29) is 36.0 Å². The summed E-state index contributed by atoms with van der Waals surface area (Å²) in [6.45, 7) is 1.83. The summed E-state index contributed by atoms with van der Waals surface area (Å²) >= 11 is 5.59. The summed E-state index contributed by atoms with van der Waals surface area (Å²) in [7, 11) is 0. The van der Waals surface area contributed by atoms with Gasteiger partial charge in [0.2, 0.25) is 5.88 Å². The van der Waals surface area contributed by atoms with Gasteiger partial charge in [0.05, 0.1) is 5.56 Å². The van der Waals surface area contributed by atoms with Crippen molar-refractivity contribution in [2.75, 3.05) is 6.61 Å². The monoisotopic (exact) mass is 290 g/mol. The highest BCUT2D eigenvalue weighted by Gasteiger charge is 2.31. The number of nitrogens with two attached hydrogens (primary N) is 1. The molecule has 0 radical (unpaired) electrons. The van der Waals surface area contributed by atoms with E-state index in [1.165, 1.54) is 0 Å². The maximum absolute atomic E-state index is 12.3. The van der Waals surface area contributed by atoms with Crippen molar-refractivity contribution < 1.29 is 17.9 Å². The van der Waals surface area contributed by atoms with Crippen LogP contribution in [0.15, 0.2) is 12.3 Å². The van der Waals surface area contributed by atoms with E-state index >= 15 is 0 Å². The molecule has 2 N–H and O–H groups in total. The van der Waals surface area contributed by atoms with Crippen LogP contribution in [0.3, 0.4) is 0 Å². The molecule has 0 saturated heterocycles. The first-order valence-corrected chi connectivity index (χ1v) is 4.79. The van der Waals surface area contributed by atoms with Crippen molar-refractivity contribution in [3.05, 3.63) is 22.8 Å². The van der Waals surface area contributed by atoms with E-state index in [0.717, 1.165) is 6.07 Å². The topological polar surface area (TPSA) is 48.1 Å². The van der Waals surface area contributed by atoms with E-state index in [1.54, 1.807) is 6.92 Å². The van der Waals surface area contributed by atoms with Gasteiger partial charge in [-0.1, -0.05) is 11.6 Å². The normalized spacial score (nSPS) is 12.8. The average molecular weight is 291 g/mol. The van der Waals surface area contributed by atoms with Crippen molar-refractivity contribution in [2.45, 2.75) is 19.1 Å². The van der Waals surface area contributed by atoms with Gasteiger partial charge in [0.25, 0.3) is 0 Å². The van der Waals surface area contributed by atoms with Crippen LogP contribution in [0, 0.1) is 0 Å². The third-order valence-electron chi connectivity index (χ3n) is 1.62. The van der Waals surface area contributed by atoms with Crippen LogP contribution < -0.4 is 10.5 Å². The van der Waals surface area contributed by atoms with E-state index in [0.29, 0.717) is 6.20 Å². The number of alkyl halides is 3. The van der Waals surface area contributed by atoms with Crippen LogP contribution >= 0.6 is 24.0 Å². The molecule has 0 aliphatic heterocycles. The minimum absolute atomic E-state index is 0. The van der Waals surface area contributed by atoms with E-state index in [9.17, 15) is 13.2 Å². The maximum Gasteiger partial charge on any atom is 0.417 e. The lowest BCUT2D eigenvalue weighted by Crippen LogP contribution is -2.24. The fourth-order valence-electron chi connectivity index (χ4n) is 0.897. The number of rotatable bonds is 3. The number of hydrogen-bond acceptors (Lipinski definition) is 3. The van der Waals surface area contributed by atoms with Gasteiger partial charge in [-0.3, -0.25) is 0 Å². The van der Waals surface area contributed by atoms with Crippen molar-refractivity contribution in [3.8, 4) is 5.88 Å². The molecule has 0 unspecified atom stereocenters. The van der Waals surface area contributed by atoms with Crippen molar-refractivity contribution in [1.29, 1.82) is 0 Å². The van der Waals surface area contributed by atoms with Crippen LogP contribution in [-0.4, -0.2) is 17.6 Å². The van der Waals surface area contributed by atoms with E-state index in [2.05, 4.69) is 4.98 Å². The fraction of sp³-hybridized carbons (Fsp3) is 0.444. The molecule has 0 aliphatic carbocycles. The molecule has 98 valence electrons. The van der Waals surface area contributed by atoms with Gasteiger partial charge in [0.1, 0.15) is 11.6 Å². The van der Waals surface area contributed by atoms with Crippen LogP contribution in [0.5, 0.6) is 5.88 Å². The Kier molecular flexibility index (Phi) is 6.01. The average Bonchev–Trinajstić information content (AvgIpc) is 2.14. The standard InChI is InChI=1S/C9H10ClF3N2O.ClH/c1-5(14)4-16-8-7(10)2-6(3-15-8)9(11,12)13;/h2-3,5H,4,14H2,1H3;1H/t5-;/m1./s1. The smallest absolute Gasteiger partial charge is 0.417 e. The SMILES string of the molecule is C[C@@H](N)COc1ncc(C(F)(F)F)cc1Cl.Cl. The second-order valence-corrected chi connectivity index (χ2v) is 3.70. The molecule has 0 aliphatic rings. The second kappa shape index (κ2) is 6.28. The first kappa shape index (κ1) is 16.3. The summed E-state index contributed by atoms with van der Waals surface area (Å²) in [6.07, 6.45) is -3.79. The molecule has 1 atom stereocenters. The molecule has 1 heterocycles. The second-order valence-electron chi connectivity index (χ2n) is 3.30. The van der Waals surface area contributed by atoms with E-state index in [1.807, 2.05) is 0 Å². The summed E-state index contributed by atoms with van der Waals surface area (Å²) < 4.78 is 41.8. The van der Waals surface area contributed by atoms with Gasteiger partial charge in [-0.05, 0) is 13.0 Å². The van der Waals surface area contributed by atoms with E-state index in [4.69, 9.17) is 22.1 Å². The zero-order chi connectivity index (χ0) is 12.3. The Balaban J connectivity index is 0.00000256. The van der Waals surface area contributed by atoms with Crippen molar-refractivity contribution in [3.63, 3.8) is 0 Å². The molecule has 0 saturated carbocycles. The Bertz CT molecular complexity index is 372. The zero-order valence-corrected chi connectivity index (χ0v) is 10.4. The summed E-state index contributed by atoms with van der Waals surface area (Å²) in [5.41, 5.74) is 4.50. The number of nitrogens with zero attached hydrogens (tertiary/aromatic N) is 1. The van der Waals surface area contributed by atoms with Crippen molar-refractivity contribution >= 4 is 24.0 Å². The zero-order valence-electron chi connectivity index (χ0n) is 8.79. The molecule has 0 amide bonds. The summed E-state index contributed by atoms with van der Waals surface area (Å²) in [5.74, 6) is -0.0491. The molecular weight excluding hydrogens is 280 g/mol. The highest BCUT2D eigenvalue weighted by Crippen LogP contribution is 2.32. The number of pyridine rings is 1. The highest BCUT2D eigenvalue weighted by molar-refractivity contribution is 6.31. The van der Waals surface area contributed by atoms with Crippen LogP contribution in [-0.2, 0) is 6.18 Å². The third-order valence-corrected chi connectivity index (χ3v) is 1.89. The summed E-state index contributed by atoms with van der Waals surface area (Å²) in [4.78, 5) is 3.49. The molecule has 0 fully saturated rings. The molecule has 1 aromatic rings. The first-order valence-electron chi connectivity index (χ1n) is 4.42. The molecular formula is C9H11Cl2F3N2O. The molecule has 1 rings (SSSR count). The predicted molar refractivity (Wildman–Crippen MR) is 60.6 cm³/mol. The van der Waals surface area contributed by atoms with Gasteiger partial charge in [-0.2, -0.15) is 13.2 Å². The van der Waals surface area contributed by atoms with Gasteiger partial charge in [0, 0.05) is 12.2 Å². The number of hydrogen-bond donors (Lipinski definition) is 1. The minimum atomic E-state index is -4.46. The van der Waals surface area contributed by atoms with Crippen LogP contribution in [0.1, 0.15) is 12.5 Å². The molecule has 17 heavy (non-hydrogen) atoms. The van der Waals surface area contributed by atoms with Crippen LogP contribution in [0.25, 0.3) is 0 Å². The van der Waals surface area contributed by atoms with Crippen LogP contribution in [0.2, 0.25) is 5.02 Å². The fourth-order valence-corrected chi connectivity index (χ4v) is 1.12. The van der Waals surface area contributed by atoms with Crippen molar-refractivity contribution in [2.24, 2.45) is 5.73 Å². The largest absolute Gasteiger partial charge is 0.475 e. The van der Waals surface area contributed by atoms with Crippen LogP contribution in [0.4, 0.5) is 13.2 Å². The van der Waals surface area contributed by atoms with Gasteiger partial charge in [-0.25, -0.2) is 4.98 Å². The number of halogens is 5. The summed E-state index contributed by atoms with van der Waals surface area (Å²) in [5, 5.41) is -0.185. The number of aromatic nitrogens is 1. The molecule has 0 aromatic carbocycles. The Morgan fingerprint density at radius 2 is 2.12 bits per heavy atom. The molecule has 8 heteroatoms. The van der Waals surface area contributed by atoms with Gasteiger partial charge < -0.3 is 10.5 Å². The van der Waals surface area contributed by atoms with Gasteiger partial charge in [-0.15, -0.1) is 12.4 Å². The molecule has 3 nitrogen and oxygen atoms in total. The Labute approximate surface area is 108 Å². The maximum atomic E-state index is 12.3. The van der Waals surface area contributed by atoms with Gasteiger partial charge in [0.15, 0.2) is 0 Å². The first-order chi connectivity index (χ1) is 7.30. The molecule has 0 spiro atoms. The third kappa shape index (κ3) is 4.97. The minimum Gasteiger partial charge on any atom is -0.475 e.